The van der Waals surface area contributed by atoms with Gasteiger partial charge in [0.1, 0.15) is 0 Å². The van der Waals surface area contributed by atoms with Crippen LogP contribution < -0.4 is 10.2 Å². The highest BCUT2D eigenvalue weighted by Gasteiger charge is 2.19. The van der Waals surface area contributed by atoms with Crippen LogP contribution in [-0.4, -0.2) is 24.7 Å². The molecule has 21 heavy (non-hydrogen) atoms. The fourth-order valence-corrected chi connectivity index (χ4v) is 3.75. The normalized spacial score (nSPS) is 13.7. The average Bonchev–Trinajstić information content (AvgIpc) is 2.50. The molecule has 1 aliphatic rings. The molecule has 1 amide bonds. The van der Waals surface area contributed by atoms with E-state index < -0.39 is 0 Å². The molecule has 0 radical (unpaired) electrons. The summed E-state index contributed by atoms with van der Waals surface area (Å²) in [4.78, 5) is 15.6. The molecule has 0 fully saturated rings. The molecule has 1 N–H and O–H groups in total. The minimum Gasteiger partial charge on any atom is -0.360 e. The third-order valence-electron chi connectivity index (χ3n) is 3.31. The monoisotopic (exact) mass is 362 g/mol. The first-order valence-electron chi connectivity index (χ1n) is 6.75. The number of carbonyl (C=O) groups is 1. The number of carbonyl (C=O) groups excluding carboxylic acids is 1. The summed E-state index contributed by atoms with van der Waals surface area (Å²) >= 11 is 5.29. The van der Waals surface area contributed by atoms with Crippen molar-refractivity contribution in [2.24, 2.45) is 0 Å². The van der Waals surface area contributed by atoms with E-state index in [1.807, 2.05) is 48.2 Å². The van der Waals surface area contributed by atoms with Crippen molar-refractivity contribution in [1.29, 1.82) is 0 Å². The number of benzene rings is 2. The van der Waals surface area contributed by atoms with Gasteiger partial charge in [-0.15, -0.1) is 11.8 Å². The minimum absolute atomic E-state index is 0.00334. The van der Waals surface area contributed by atoms with Gasteiger partial charge in [0.15, 0.2) is 0 Å². The summed E-state index contributed by atoms with van der Waals surface area (Å²) in [5.41, 5.74) is 1.96. The van der Waals surface area contributed by atoms with Gasteiger partial charge in [-0.1, -0.05) is 24.3 Å². The van der Waals surface area contributed by atoms with Crippen molar-refractivity contribution in [2.45, 2.75) is 4.90 Å². The summed E-state index contributed by atoms with van der Waals surface area (Å²) in [6.07, 6.45) is 0. The van der Waals surface area contributed by atoms with Crippen molar-refractivity contribution >= 4 is 45.0 Å². The van der Waals surface area contributed by atoms with Crippen LogP contribution in [0.4, 0.5) is 11.4 Å². The standard InChI is InChI=1S/C16H15BrN2OS/c17-12-5-1-2-6-13(12)18-16(20)11-19-9-10-21-15-8-4-3-7-14(15)19/h1-8H,9-11H2,(H,18,20). The summed E-state index contributed by atoms with van der Waals surface area (Å²) < 4.78 is 0.896. The number of amides is 1. The Morgan fingerprint density at radius 1 is 1.19 bits per heavy atom. The number of halogens is 1. The van der Waals surface area contributed by atoms with Crippen LogP contribution in [0.5, 0.6) is 0 Å². The Balaban J connectivity index is 1.70. The maximum Gasteiger partial charge on any atom is 0.243 e. The molecule has 2 aromatic carbocycles. The predicted octanol–water partition coefficient (Wildman–Crippen LogP) is 4.00. The Labute approximate surface area is 136 Å². The van der Waals surface area contributed by atoms with Gasteiger partial charge in [-0.2, -0.15) is 0 Å². The number of nitrogens with one attached hydrogen (secondary N) is 1. The van der Waals surface area contributed by atoms with Gasteiger partial charge >= 0.3 is 0 Å². The van der Waals surface area contributed by atoms with Gasteiger partial charge in [-0.25, -0.2) is 0 Å². The average molecular weight is 363 g/mol. The zero-order chi connectivity index (χ0) is 14.7. The SMILES string of the molecule is O=C(CN1CCSc2ccccc21)Nc1ccccc1Br. The highest BCUT2D eigenvalue weighted by Crippen LogP contribution is 2.34. The van der Waals surface area contributed by atoms with Crippen LogP contribution in [0.15, 0.2) is 57.9 Å². The van der Waals surface area contributed by atoms with Crippen molar-refractivity contribution in [3.8, 4) is 0 Å². The second kappa shape index (κ2) is 6.54. The molecule has 1 aliphatic heterocycles. The molecule has 0 bridgehead atoms. The van der Waals surface area contributed by atoms with Crippen LogP contribution in [-0.2, 0) is 4.79 Å². The Bertz CT molecular complexity index is 662. The van der Waals surface area contributed by atoms with Crippen LogP contribution in [0, 0.1) is 0 Å². The van der Waals surface area contributed by atoms with Crippen LogP contribution >= 0.6 is 27.7 Å². The highest BCUT2D eigenvalue weighted by atomic mass is 79.9. The van der Waals surface area contributed by atoms with E-state index in [0.717, 1.165) is 28.1 Å². The number of anilines is 2. The second-order valence-corrected chi connectivity index (χ2v) is 6.76. The summed E-state index contributed by atoms with van der Waals surface area (Å²) in [6, 6.07) is 15.9. The van der Waals surface area contributed by atoms with Gasteiger partial charge in [0.2, 0.25) is 5.91 Å². The van der Waals surface area contributed by atoms with Crippen LogP contribution in [0.1, 0.15) is 0 Å². The Hall–Kier alpha value is -1.46. The number of hydrogen-bond donors (Lipinski definition) is 1. The van der Waals surface area contributed by atoms with Crippen molar-refractivity contribution in [3.05, 3.63) is 53.0 Å². The molecule has 0 saturated carbocycles. The Morgan fingerprint density at radius 3 is 2.81 bits per heavy atom. The van der Waals surface area contributed by atoms with E-state index in [1.165, 1.54) is 4.90 Å². The summed E-state index contributed by atoms with van der Waals surface area (Å²) in [5, 5.41) is 2.95. The summed E-state index contributed by atoms with van der Waals surface area (Å²) in [5.74, 6) is 1.02. The number of thioether (sulfide) groups is 1. The molecule has 0 atom stereocenters. The number of nitrogens with zero attached hydrogens (tertiary/aromatic N) is 1. The van der Waals surface area contributed by atoms with E-state index in [4.69, 9.17) is 0 Å². The van der Waals surface area contributed by atoms with Gasteiger partial charge < -0.3 is 10.2 Å². The number of hydrogen-bond acceptors (Lipinski definition) is 3. The van der Waals surface area contributed by atoms with Crippen LogP contribution in [0.3, 0.4) is 0 Å². The fourth-order valence-electron chi connectivity index (χ4n) is 2.32. The lowest BCUT2D eigenvalue weighted by molar-refractivity contribution is -0.115. The zero-order valence-electron chi connectivity index (χ0n) is 11.4. The number of fused-ring (bicyclic) bond motifs is 1. The molecule has 2 aromatic rings. The molecule has 0 saturated heterocycles. The largest absolute Gasteiger partial charge is 0.360 e. The van der Waals surface area contributed by atoms with Crippen molar-refractivity contribution in [1.82, 2.24) is 0 Å². The van der Waals surface area contributed by atoms with E-state index in [0.29, 0.717) is 6.54 Å². The smallest absolute Gasteiger partial charge is 0.243 e. The fraction of sp³-hybridized carbons (Fsp3) is 0.188. The maximum atomic E-state index is 12.3. The molecule has 0 aliphatic carbocycles. The van der Waals surface area contributed by atoms with Gasteiger partial charge in [0, 0.05) is 21.7 Å². The van der Waals surface area contributed by atoms with Crippen molar-refractivity contribution < 1.29 is 4.79 Å². The number of para-hydroxylation sites is 2. The lowest BCUT2D eigenvalue weighted by Crippen LogP contribution is -2.36. The molecule has 0 aromatic heterocycles. The van der Waals surface area contributed by atoms with E-state index in [-0.39, 0.29) is 5.91 Å². The summed E-state index contributed by atoms with van der Waals surface area (Å²) in [6.45, 7) is 1.27. The molecule has 0 spiro atoms. The first kappa shape index (κ1) is 14.5. The Kier molecular flexibility index (Phi) is 4.51. The Morgan fingerprint density at radius 2 is 1.95 bits per heavy atom. The van der Waals surface area contributed by atoms with E-state index in [9.17, 15) is 4.79 Å². The molecule has 108 valence electrons. The van der Waals surface area contributed by atoms with Crippen molar-refractivity contribution in [2.75, 3.05) is 29.1 Å². The molecular formula is C16H15BrN2OS. The van der Waals surface area contributed by atoms with Gasteiger partial charge in [0.25, 0.3) is 0 Å². The van der Waals surface area contributed by atoms with Crippen molar-refractivity contribution in [3.63, 3.8) is 0 Å². The third kappa shape index (κ3) is 3.41. The molecule has 5 heteroatoms. The highest BCUT2D eigenvalue weighted by molar-refractivity contribution is 9.10. The van der Waals surface area contributed by atoms with Gasteiger partial charge in [-0.05, 0) is 40.2 Å². The zero-order valence-corrected chi connectivity index (χ0v) is 13.8. The number of rotatable bonds is 3. The van der Waals surface area contributed by atoms with E-state index >= 15 is 0 Å². The van der Waals surface area contributed by atoms with Gasteiger partial charge in [0.05, 0.1) is 17.9 Å². The molecule has 0 unspecified atom stereocenters. The maximum absolute atomic E-state index is 12.3. The quantitative estimate of drug-likeness (QED) is 0.895. The molecule has 3 rings (SSSR count). The summed E-state index contributed by atoms with van der Waals surface area (Å²) in [7, 11) is 0. The van der Waals surface area contributed by atoms with Crippen LogP contribution in [0.2, 0.25) is 0 Å². The first-order chi connectivity index (χ1) is 10.2. The second-order valence-electron chi connectivity index (χ2n) is 4.77. The van der Waals surface area contributed by atoms with Crippen LogP contribution in [0.25, 0.3) is 0 Å². The topological polar surface area (TPSA) is 32.3 Å². The minimum atomic E-state index is 0.00334. The predicted molar refractivity (Wildman–Crippen MR) is 92.2 cm³/mol. The molecular weight excluding hydrogens is 348 g/mol. The van der Waals surface area contributed by atoms with E-state index in [1.54, 1.807) is 0 Å². The third-order valence-corrected chi connectivity index (χ3v) is 5.04. The first-order valence-corrected chi connectivity index (χ1v) is 8.53. The molecule has 1 heterocycles. The van der Waals surface area contributed by atoms with Gasteiger partial charge in [-0.3, -0.25) is 4.79 Å². The molecule has 3 nitrogen and oxygen atoms in total. The lowest BCUT2D eigenvalue weighted by Gasteiger charge is -2.30. The van der Waals surface area contributed by atoms with E-state index in [2.05, 4.69) is 38.3 Å². The lowest BCUT2D eigenvalue weighted by atomic mass is 10.2.